The standard InChI is InChI=1S/C28H28Cl2N4O7S3/c1-32(22(36)4-5-23(37)38)10-11-33-8-6-18(7-9-33)42-13-16-14-44-27-24(26(39)34(27)25(16)28(40)41)31-21(35)15-43-20-12-17(29)2-3-19(20)30/h2-3,6-9,12,24,27H,4-5,10-11,13-15H2,1H3,(H2-,31,35,37,38,40,41)/t24-,27-/m1/s1. The highest BCUT2D eigenvalue weighted by molar-refractivity contribution is 8.01. The molecule has 3 amide bonds. The third-order valence-electron chi connectivity index (χ3n) is 6.75. The third-order valence-corrected chi connectivity index (χ3v) is 10.9. The van der Waals surface area contributed by atoms with Gasteiger partial charge < -0.3 is 25.2 Å². The van der Waals surface area contributed by atoms with Crippen molar-refractivity contribution in [2.75, 3.05) is 30.9 Å². The first-order valence-electron chi connectivity index (χ1n) is 13.3. The second-order valence-electron chi connectivity index (χ2n) is 9.82. The quantitative estimate of drug-likeness (QED) is 0.170. The monoisotopic (exact) mass is 698 g/mol. The number of nitrogens with one attached hydrogen (secondary N) is 1. The van der Waals surface area contributed by atoms with Crippen LogP contribution in [0.15, 0.2) is 63.8 Å². The number of carbonyl (C=O) groups excluding carboxylic acids is 4. The predicted molar refractivity (Wildman–Crippen MR) is 166 cm³/mol. The minimum absolute atomic E-state index is 0.0152. The number of rotatable bonds is 14. The molecule has 1 saturated heterocycles. The smallest absolute Gasteiger partial charge is 0.352 e. The molecule has 234 valence electrons. The summed E-state index contributed by atoms with van der Waals surface area (Å²) in [6.07, 6.45) is 3.26. The van der Waals surface area contributed by atoms with Crippen LogP contribution in [0.3, 0.4) is 0 Å². The van der Waals surface area contributed by atoms with Crippen molar-refractivity contribution in [2.24, 2.45) is 0 Å². The van der Waals surface area contributed by atoms with Crippen LogP contribution in [0.1, 0.15) is 12.8 Å². The van der Waals surface area contributed by atoms with Crippen LogP contribution in [0.25, 0.3) is 0 Å². The van der Waals surface area contributed by atoms with E-state index in [4.69, 9.17) is 23.2 Å². The van der Waals surface area contributed by atoms with Gasteiger partial charge in [-0.3, -0.25) is 19.3 Å². The van der Waals surface area contributed by atoms with Crippen molar-refractivity contribution < 1.29 is 38.8 Å². The van der Waals surface area contributed by atoms with Crippen LogP contribution in [0, 0.1) is 0 Å². The largest absolute Gasteiger partial charge is 0.550 e. The van der Waals surface area contributed by atoms with Crippen LogP contribution in [0.2, 0.25) is 10.0 Å². The number of carboxylic acids is 2. The van der Waals surface area contributed by atoms with E-state index in [2.05, 4.69) is 5.32 Å². The molecule has 1 fully saturated rings. The van der Waals surface area contributed by atoms with Gasteiger partial charge in [-0.25, -0.2) is 9.36 Å². The lowest BCUT2D eigenvalue weighted by Gasteiger charge is -2.49. The number of aromatic nitrogens is 1. The number of pyridine rings is 1. The molecular weight excluding hydrogens is 671 g/mol. The van der Waals surface area contributed by atoms with Crippen LogP contribution in [0.5, 0.6) is 0 Å². The molecule has 1 aromatic heterocycles. The van der Waals surface area contributed by atoms with E-state index in [0.717, 1.165) is 4.90 Å². The summed E-state index contributed by atoms with van der Waals surface area (Å²) in [4.78, 5) is 64.6. The summed E-state index contributed by atoms with van der Waals surface area (Å²) in [5.41, 5.74) is 0.565. The van der Waals surface area contributed by atoms with E-state index < -0.39 is 29.3 Å². The average molecular weight is 700 g/mol. The van der Waals surface area contributed by atoms with Crippen LogP contribution < -0.4 is 15.0 Å². The van der Waals surface area contributed by atoms with Crippen molar-refractivity contribution in [3.63, 3.8) is 0 Å². The van der Waals surface area contributed by atoms with Crippen molar-refractivity contribution >= 4 is 88.1 Å². The maximum absolute atomic E-state index is 13.0. The Morgan fingerprint density at radius 3 is 2.57 bits per heavy atom. The van der Waals surface area contributed by atoms with Gasteiger partial charge in [-0.15, -0.1) is 35.3 Å². The maximum atomic E-state index is 13.0. The number of halogens is 2. The molecule has 2 aliphatic rings. The van der Waals surface area contributed by atoms with Gasteiger partial charge in [0, 0.05) is 57.9 Å². The van der Waals surface area contributed by atoms with Crippen molar-refractivity contribution in [3.8, 4) is 0 Å². The van der Waals surface area contributed by atoms with Crippen LogP contribution >= 0.6 is 58.5 Å². The summed E-state index contributed by atoms with van der Waals surface area (Å²) in [5, 5.41) is 23.7. The van der Waals surface area contributed by atoms with Gasteiger partial charge in [-0.1, -0.05) is 23.2 Å². The fraction of sp³-hybridized carbons (Fsp3) is 0.357. The second-order valence-corrected chi connectivity index (χ2v) is 13.8. The highest BCUT2D eigenvalue weighted by Gasteiger charge is 2.54. The number of hydrogen-bond donors (Lipinski definition) is 2. The summed E-state index contributed by atoms with van der Waals surface area (Å²) in [7, 11) is 1.61. The zero-order valence-corrected chi connectivity index (χ0v) is 27.3. The lowest BCUT2D eigenvalue weighted by Crippen LogP contribution is -2.70. The van der Waals surface area contributed by atoms with Gasteiger partial charge in [0.1, 0.15) is 17.1 Å². The first-order chi connectivity index (χ1) is 20.9. The lowest BCUT2D eigenvalue weighted by molar-refractivity contribution is -0.696. The number of hydrogen-bond acceptors (Lipinski definition) is 9. The van der Waals surface area contributed by atoms with Gasteiger partial charge in [-0.05, 0) is 30.2 Å². The van der Waals surface area contributed by atoms with E-state index in [-0.39, 0.29) is 36.1 Å². The molecule has 1 aromatic carbocycles. The van der Waals surface area contributed by atoms with Gasteiger partial charge in [0.25, 0.3) is 5.91 Å². The Hall–Kier alpha value is -2.91. The molecular formula is C28H28Cl2N4O7S3. The number of fused-ring (bicyclic) bond motifs is 1. The third kappa shape index (κ3) is 8.62. The summed E-state index contributed by atoms with van der Waals surface area (Å²) >= 11 is 16.2. The normalized spacial score (nSPS) is 17.5. The Morgan fingerprint density at radius 2 is 1.89 bits per heavy atom. The van der Waals surface area contributed by atoms with Crippen LogP contribution in [0.4, 0.5) is 0 Å². The Morgan fingerprint density at radius 1 is 1.16 bits per heavy atom. The molecule has 0 aliphatic carbocycles. The molecule has 2 N–H and O–H groups in total. The van der Waals surface area contributed by atoms with Crippen LogP contribution in [-0.2, 0) is 30.5 Å². The SMILES string of the molecule is CN(CC[n+]1ccc(SCC2=C(C(=O)O)N3C(=O)[C@@H](NC(=O)CSc4cc(Cl)ccc4Cl)[C@H]3SC2)cc1)C(=O)CCC(=O)[O-]. The molecule has 3 heterocycles. The number of amides is 3. The number of thioether (sulfide) groups is 3. The molecule has 11 nitrogen and oxygen atoms in total. The molecule has 2 aromatic rings. The van der Waals surface area contributed by atoms with Crippen molar-refractivity contribution in [1.82, 2.24) is 15.1 Å². The minimum Gasteiger partial charge on any atom is -0.550 e. The molecule has 0 bridgehead atoms. The van der Waals surface area contributed by atoms with Gasteiger partial charge in [-0.2, -0.15) is 0 Å². The minimum atomic E-state index is -1.26. The number of aliphatic carboxylic acids is 2. The number of benzene rings is 1. The van der Waals surface area contributed by atoms with Gasteiger partial charge >= 0.3 is 5.97 Å². The maximum Gasteiger partial charge on any atom is 0.352 e. The molecule has 2 aliphatic heterocycles. The van der Waals surface area contributed by atoms with Gasteiger partial charge in [0.2, 0.25) is 11.8 Å². The van der Waals surface area contributed by atoms with E-state index in [1.807, 2.05) is 29.1 Å². The zero-order valence-electron chi connectivity index (χ0n) is 23.4. The van der Waals surface area contributed by atoms with E-state index in [9.17, 15) is 34.2 Å². The molecule has 2 atom stereocenters. The molecule has 44 heavy (non-hydrogen) atoms. The average Bonchev–Trinajstić information content (AvgIpc) is 3.00. The molecule has 16 heteroatoms. The fourth-order valence-electron chi connectivity index (χ4n) is 4.39. The Labute approximate surface area is 276 Å². The zero-order chi connectivity index (χ0) is 32.0. The number of carboxylic acid groups (broad SMARTS) is 2. The molecule has 0 spiro atoms. The Kier molecular flexibility index (Phi) is 11.9. The topological polar surface area (TPSA) is 151 Å². The molecule has 0 radical (unpaired) electrons. The van der Waals surface area contributed by atoms with Crippen LogP contribution in [-0.4, -0.2) is 86.8 Å². The fourth-order valence-corrected chi connectivity index (χ4v) is 8.06. The first-order valence-corrected chi connectivity index (χ1v) is 17.0. The highest BCUT2D eigenvalue weighted by Crippen LogP contribution is 2.41. The number of likely N-dealkylation sites (N-methyl/N-ethyl adjacent to an activating group) is 1. The summed E-state index contributed by atoms with van der Waals surface area (Å²) in [5.74, 6) is -2.80. The summed E-state index contributed by atoms with van der Waals surface area (Å²) < 4.78 is 1.88. The first kappa shape index (κ1) is 34.0. The lowest BCUT2D eigenvalue weighted by atomic mass is 10.0. The van der Waals surface area contributed by atoms with E-state index in [1.54, 1.807) is 25.2 Å². The van der Waals surface area contributed by atoms with Crippen molar-refractivity contribution in [3.05, 3.63) is 64.0 Å². The van der Waals surface area contributed by atoms with Crippen molar-refractivity contribution in [1.29, 1.82) is 0 Å². The van der Waals surface area contributed by atoms with E-state index in [0.29, 0.717) is 45.1 Å². The molecule has 0 unspecified atom stereocenters. The summed E-state index contributed by atoms with van der Waals surface area (Å²) in [6.45, 7) is 0.906. The summed E-state index contributed by atoms with van der Waals surface area (Å²) in [6, 6.07) is 7.86. The Bertz CT molecular complexity index is 1490. The van der Waals surface area contributed by atoms with Gasteiger partial charge in [0.15, 0.2) is 18.9 Å². The predicted octanol–water partition coefficient (Wildman–Crippen LogP) is 1.89. The Balaban J connectivity index is 1.29. The van der Waals surface area contributed by atoms with Crippen molar-refractivity contribution in [2.45, 2.75) is 40.6 Å². The molecule has 4 rings (SSSR count). The number of carbonyl (C=O) groups is 5. The number of nitrogens with zero attached hydrogens (tertiary/aromatic N) is 3. The number of β-lactam (4-membered cyclic amide) rings is 1. The van der Waals surface area contributed by atoms with E-state index in [1.165, 1.54) is 45.1 Å². The second kappa shape index (κ2) is 15.4. The van der Waals surface area contributed by atoms with E-state index >= 15 is 0 Å². The highest BCUT2D eigenvalue weighted by atomic mass is 35.5. The molecule has 0 saturated carbocycles. The van der Waals surface area contributed by atoms with Gasteiger partial charge in [0.05, 0.1) is 17.3 Å².